The molecule has 164 valence electrons. The summed E-state index contributed by atoms with van der Waals surface area (Å²) in [5.41, 5.74) is 5.33. The number of carbonyl (C=O) groups is 1. The number of rotatable bonds is 3. The molecule has 0 spiro atoms. The highest BCUT2D eigenvalue weighted by Gasteiger charge is 2.28. The van der Waals surface area contributed by atoms with Crippen LogP contribution in [0.5, 0.6) is 5.75 Å². The summed E-state index contributed by atoms with van der Waals surface area (Å²) in [5.74, 6) is 1.46. The lowest BCUT2D eigenvalue weighted by molar-refractivity contribution is 0.209. The van der Waals surface area contributed by atoms with Crippen molar-refractivity contribution in [2.24, 2.45) is 0 Å². The molecule has 2 aliphatic rings. The molecule has 0 radical (unpaired) electrons. The summed E-state index contributed by atoms with van der Waals surface area (Å²) < 4.78 is 6.12. The minimum absolute atomic E-state index is 0.0760. The fraction of sp³-hybridized carbons (Fsp3) is 0.321. The van der Waals surface area contributed by atoms with E-state index in [9.17, 15) is 4.79 Å². The van der Waals surface area contributed by atoms with Crippen molar-refractivity contribution in [1.29, 1.82) is 0 Å². The Hall–Kier alpha value is -3.27. The Morgan fingerprint density at radius 1 is 0.906 bits per heavy atom. The molecule has 0 bridgehead atoms. The molecule has 3 aromatic carbocycles. The molecule has 1 N–H and O–H groups in total. The maximum absolute atomic E-state index is 13.0. The molecule has 4 nitrogen and oxygen atoms in total. The van der Waals surface area contributed by atoms with Crippen LogP contribution in [0.2, 0.25) is 0 Å². The van der Waals surface area contributed by atoms with Crippen LogP contribution < -0.4 is 15.0 Å². The van der Waals surface area contributed by atoms with Crippen molar-refractivity contribution in [1.82, 2.24) is 0 Å². The molecule has 0 aromatic heterocycles. The number of urea groups is 1. The second-order valence-electron chi connectivity index (χ2n) is 8.97. The van der Waals surface area contributed by atoms with Gasteiger partial charge in [0, 0.05) is 5.69 Å². The summed E-state index contributed by atoms with van der Waals surface area (Å²) in [6.07, 6.45) is 6.62. The van der Waals surface area contributed by atoms with Gasteiger partial charge in [-0.25, -0.2) is 4.79 Å². The summed E-state index contributed by atoms with van der Waals surface area (Å²) in [6.45, 7) is 2.51. The molecule has 5 rings (SSSR count). The third kappa shape index (κ3) is 4.36. The van der Waals surface area contributed by atoms with E-state index in [4.69, 9.17) is 4.74 Å². The Kier molecular flexibility index (Phi) is 5.85. The van der Waals surface area contributed by atoms with E-state index in [2.05, 4.69) is 41.7 Å². The number of ether oxygens (including phenoxy) is 1. The minimum atomic E-state index is -0.141. The van der Waals surface area contributed by atoms with Crippen LogP contribution in [0.3, 0.4) is 0 Å². The van der Waals surface area contributed by atoms with E-state index in [-0.39, 0.29) is 12.1 Å². The summed E-state index contributed by atoms with van der Waals surface area (Å²) >= 11 is 0. The number of nitrogens with zero attached hydrogens (tertiary/aromatic N) is 1. The van der Waals surface area contributed by atoms with Gasteiger partial charge in [-0.15, -0.1) is 0 Å². The van der Waals surface area contributed by atoms with Crippen LogP contribution in [0.1, 0.15) is 50.5 Å². The molecular weight excluding hydrogens is 396 g/mol. The highest BCUT2D eigenvalue weighted by molar-refractivity contribution is 6.03. The first-order chi connectivity index (χ1) is 15.7. The van der Waals surface area contributed by atoms with E-state index in [0.29, 0.717) is 12.5 Å². The number of para-hydroxylation sites is 1. The maximum Gasteiger partial charge on any atom is 0.326 e. The van der Waals surface area contributed by atoms with Crippen LogP contribution in [0.15, 0.2) is 72.8 Å². The normalized spacial score (nSPS) is 18.5. The number of carbonyl (C=O) groups excluding carboxylic acids is 1. The van der Waals surface area contributed by atoms with E-state index >= 15 is 0 Å². The topological polar surface area (TPSA) is 41.6 Å². The molecule has 0 saturated heterocycles. The molecule has 1 heterocycles. The van der Waals surface area contributed by atoms with Gasteiger partial charge in [-0.3, -0.25) is 4.90 Å². The Labute approximate surface area is 190 Å². The van der Waals surface area contributed by atoms with E-state index in [1.807, 2.05) is 43.3 Å². The third-order valence-electron chi connectivity index (χ3n) is 6.61. The number of amides is 2. The Balaban J connectivity index is 1.37. The number of nitrogens with one attached hydrogen (secondary N) is 1. The molecule has 4 heteroatoms. The van der Waals surface area contributed by atoms with Crippen molar-refractivity contribution in [3.8, 4) is 16.9 Å². The molecule has 1 aliphatic heterocycles. The molecular formula is C28H30N2O2. The quantitative estimate of drug-likeness (QED) is 0.480. The van der Waals surface area contributed by atoms with Crippen LogP contribution in [-0.2, 0) is 0 Å². The predicted octanol–water partition coefficient (Wildman–Crippen LogP) is 7.22. The lowest BCUT2D eigenvalue weighted by atomic mass is 9.84. The van der Waals surface area contributed by atoms with Gasteiger partial charge in [-0.1, -0.05) is 67.8 Å². The van der Waals surface area contributed by atoms with Gasteiger partial charge < -0.3 is 10.1 Å². The van der Waals surface area contributed by atoms with Gasteiger partial charge in [-0.05, 0) is 66.6 Å². The van der Waals surface area contributed by atoms with Gasteiger partial charge in [-0.2, -0.15) is 0 Å². The first-order valence-corrected chi connectivity index (χ1v) is 11.7. The van der Waals surface area contributed by atoms with Gasteiger partial charge in [0.05, 0.1) is 12.2 Å². The highest BCUT2D eigenvalue weighted by atomic mass is 16.5. The average Bonchev–Trinajstić information content (AvgIpc) is 2.84. The number of benzene rings is 3. The Morgan fingerprint density at radius 3 is 2.38 bits per heavy atom. The summed E-state index contributed by atoms with van der Waals surface area (Å²) in [7, 11) is 0. The molecule has 32 heavy (non-hydrogen) atoms. The fourth-order valence-electron chi connectivity index (χ4n) is 4.91. The molecule has 1 saturated carbocycles. The predicted molar refractivity (Wildman–Crippen MR) is 131 cm³/mol. The van der Waals surface area contributed by atoms with Crippen molar-refractivity contribution in [2.45, 2.75) is 51.0 Å². The Morgan fingerprint density at radius 2 is 1.62 bits per heavy atom. The van der Waals surface area contributed by atoms with Crippen molar-refractivity contribution in [2.75, 3.05) is 16.8 Å². The second kappa shape index (κ2) is 9.07. The largest absolute Gasteiger partial charge is 0.487 e. The SMILES string of the molecule is CC1CN(C(=O)Nc2ccccc2)c2ccc(-c3ccc(C4CCCCC4)cc3)cc2O1. The van der Waals surface area contributed by atoms with Crippen molar-refractivity contribution >= 4 is 17.4 Å². The third-order valence-corrected chi connectivity index (χ3v) is 6.61. The van der Waals surface area contributed by atoms with Crippen molar-refractivity contribution in [3.63, 3.8) is 0 Å². The number of fused-ring (bicyclic) bond motifs is 1. The van der Waals surface area contributed by atoms with Gasteiger partial charge in [0.2, 0.25) is 0 Å². The maximum atomic E-state index is 13.0. The number of anilines is 2. The van der Waals surface area contributed by atoms with Gasteiger partial charge in [0.1, 0.15) is 11.9 Å². The molecule has 1 unspecified atom stereocenters. The van der Waals surface area contributed by atoms with E-state index < -0.39 is 0 Å². The zero-order valence-electron chi connectivity index (χ0n) is 18.6. The molecule has 1 fully saturated rings. The van der Waals surface area contributed by atoms with E-state index in [1.54, 1.807) is 4.90 Å². The van der Waals surface area contributed by atoms with Crippen LogP contribution in [0.25, 0.3) is 11.1 Å². The van der Waals surface area contributed by atoms with E-state index in [0.717, 1.165) is 22.7 Å². The standard InChI is InChI=1S/C28H30N2O2/c1-20-19-30(28(31)29-25-10-6-3-7-11-25)26-17-16-24(18-27(26)32-20)23-14-12-22(13-15-23)21-8-4-2-5-9-21/h3,6-7,10-18,20-21H,2,4-5,8-9,19H2,1H3,(H,29,31). The van der Waals surface area contributed by atoms with Crippen LogP contribution in [-0.4, -0.2) is 18.7 Å². The van der Waals surface area contributed by atoms with Gasteiger partial charge in [0.15, 0.2) is 0 Å². The molecule has 1 aliphatic carbocycles. The first-order valence-electron chi connectivity index (χ1n) is 11.7. The van der Waals surface area contributed by atoms with Crippen molar-refractivity contribution < 1.29 is 9.53 Å². The smallest absolute Gasteiger partial charge is 0.326 e. The van der Waals surface area contributed by atoms with Crippen LogP contribution >= 0.6 is 0 Å². The van der Waals surface area contributed by atoms with E-state index in [1.165, 1.54) is 43.2 Å². The summed E-state index contributed by atoms with van der Waals surface area (Å²) in [4.78, 5) is 14.7. The fourth-order valence-corrected chi connectivity index (χ4v) is 4.91. The molecule has 3 aromatic rings. The van der Waals surface area contributed by atoms with Crippen LogP contribution in [0.4, 0.5) is 16.2 Å². The lowest BCUT2D eigenvalue weighted by Gasteiger charge is -2.33. The molecule has 2 amide bonds. The lowest BCUT2D eigenvalue weighted by Crippen LogP contribution is -2.44. The zero-order chi connectivity index (χ0) is 21.9. The minimum Gasteiger partial charge on any atom is -0.487 e. The Bertz CT molecular complexity index is 1070. The summed E-state index contributed by atoms with van der Waals surface area (Å²) in [5, 5.41) is 2.99. The monoisotopic (exact) mass is 426 g/mol. The first kappa shape index (κ1) is 20.6. The number of hydrogen-bond donors (Lipinski definition) is 1. The number of hydrogen-bond acceptors (Lipinski definition) is 2. The summed E-state index contributed by atoms with van der Waals surface area (Å²) in [6, 6.07) is 24.6. The second-order valence-corrected chi connectivity index (χ2v) is 8.97. The van der Waals surface area contributed by atoms with Gasteiger partial charge in [0.25, 0.3) is 0 Å². The average molecular weight is 427 g/mol. The zero-order valence-corrected chi connectivity index (χ0v) is 18.6. The van der Waals surface area contributed by atoms with Crippen LogP contribution in [0, 0.1) is 0 Å². The van der Waals surface area contributed by atoms with Gasteiger partial charge >= 0.3 is 6.03 Å². The molecule has 1 atom stereocenters. The van der Waals surface area contributed by atoms with Crippen molar-refractivity contribution in [3.05, 3.63) is 78.4 Å². The highest BCUT2D eigenvalue weighted by Crippen LogP contribution is 2.38.